The zero-order chi connectivity index (χ0) is 19.6. The molecule has 2 aliphatic rings. The molecule has 2 saturated heterocycles. The molecule has 0 aromatic carbocycles. The second-order valence-electron chi connectivity index (χ2n) is 7.30. The van der Waals surface area contributed by atoms with Crippen molar-refractivity contribution in [2.45, 2.75) is 38.0 Å². The van der Waals surface area contributed by atoms with Crippen LogP contribution in [-0.4, -0.2) is 82.7 Å². The Kier molecular flexibility index (Phi) is 9.01. The van der Waals surface area contributed by atoms with Gasteiger partial charge in [-0.25, -0.2) is 0 Å². The highest BCUT2D eigenvalue weighted by Crippen LogP contribution is 2.26. The first-order valence-corrected chi connectivity index (χ1v) is 11.2. The van der Waals surface area contributed by atoms with Gasteiger partial charge in [0.05, 0.1) is 31.5 Å². The van der Waals surface area contributed by atoms with E-state index < -0.39 is 0 Å². The van der Waals surface area contributed by atoms with E-state index in [4.69, 9.17) is 14.2 Å². The van der Waals surface area contributed by atoms with Gasteiger partial charge in [-0.2, -0.15) is 0 Å². The van der Waals surface area contributed by atoms with Crippen molar-refractivity contribution in [1.29, 1.82) is 0 Å². The Morgan fingerprint density at radius 3 is 3.07 bits per heavy atom. The molecule has 1 aromatic rings. The minimum absolute atomic E-state index is 0.277. The molecule has 0 bridgehead atoms. The van der Waals surface area contributed by atoms with Crippen molar-refractivity contribution in [2.75, 3.05) is 59.7 Å². The molecule has 158 valence electrons. The number of aliphatic imine (C=N–C) groups is 1. The average Bonchev–Trinajstić information content (AvgIpc) is 3.41. The summed E-state index contributed by atoms with van der Waals surface area (Å²) >= 11 is 1.81. The van der Waals surface area contributed by atoms with Crippen molar-refractivity contribution in [3.63, 3.8) is 0 Å². The minimum Gasteiger partial charge on any atom is -0.379 e. The molecular formula is C20H34N4O3S. The van der Waals surface area contributed by atoms with Crippen LogP contribution in [0.3, 0.4) is 0 Å². The second kappa shape index (κ2) is 11.7. The zero-order valence-electron chi connectivity index (χ0n) is 17.1. The van der Waals surface area contributed by atoms with Crippen LogP contribution >= 0.6 is 11.3 Å². The topological polar surface area (TPSA) is 67.4 Å². The number of nitrogens with one attached hydrogen (secondary N) is 2. The van der Waals surface area contributed by atoms with Gasteiger partial charge in [-0.3, -0.25) is 9.89 Å². The maximum Gasteiger partial charge on any atom is 0.191 e. The quantitative estimate of drug-likeness (QED) is 0.368. The number of hydrogen-bond acceptors (Lipinski definition) is 6. The minimum atomic E-state index is 0.277. The first-order chi connectivity index (χ1) is 13.8. The highest BCUT2D eigenvalue weighted by molar-refractivity contribution is 7.10. The lowest BCUT2D eigenvalue weighted by Gasteiger charge is -2.37. The van der Waals surface area contributed by atoms with Crippen LogP contribution in [0.25, 0.3) is 0 Å². The lowest BCUT2D eigenvalue weighted by atomic mass is 10.1. The third-order valence-corrected chi connectivity index (χ3v) is 6.10. The van der Waals surface area contributed by atoms with Crippen LogP contribution in [0.4, 0.5) is 0 Å². The molecule has 3 rings (SSSR count). The molecule has 0 amide bonds. The average molecular weight is 411 g/mol. The Bertz CT molecular complexity index is 578. The molecule has 3 heterocycles. The van der Waals surface area contributed by atoms with Crippen molar-refractivity contribution in [2.24, 2.45) is 4.99 Å². The normalized spacial score (nSPS) is 25.0. The molecule has 2 N–H and O–H groups in total. The second-order valence-corrected chi connectivity index (χ2v) is 8.28. The molecule has 3 unspecified atom stereocenters. The van der Waals surface area contributed by atoms with Crippen LogP contribution in [0, 0.1) is 0 Å². The first kappa shape index (κ1) is 21.5. The molecule has 2 fully saturated rings. The Morgan fingerprint density at radius 1 is 1.43 bits per heavy atom. The van der Waals surface area contributed by atoms with Crippen molar-refractivity contribution >= 4 is 17.3 Å². The Morgan fingerprint density at radius 2 is 2.36 bits per heavy atom. The fourth-order valence-corrected chi connectivity index (χ4v) is 4.47. The van der Waals surface area contributed by atoms with Crippen LogP contribution in [0.5, 0.6) is 0 Å². The summed E-state index contributed by atoms with van der Waals surface area (Å²) in [5.74, 6) is 0.840. The molecule has 0 saturated carbocycles. The molecule has 2 aliphatic heterocycles. The Labute approximate surface area is 172 Å². The maximum absolute atomic E-state index is 5.81. The van der Waals surface area contributed by atoms with Crippen molar-refractivity contribution in [3.05, 3.63) is 22.4 Å². The third-order valence-electron chi connectivity index (χ3n) is 5.13. The molecule has 0 radical (unpaired) electrons. The van der Waals surface area contributed by atoms with Gasteiger partial charge in [0, 0.05) is 51.3 Å². The van der Waals surface area contributed by atoms with E-state index >= 15 is 0 Å². The number of hydrogen-bond donors (Lipinski definition) is 2. The number of thiophene rings is 1. The Hall–Kier alpha value is -1.19. The van der Waals surface area contributed by atoms with E-state index in [1.807, 2.05) is 18.4 Å². The zero-order valence-corrected chi connectivity index (χ0v) is 17.9. The molecule has 3 atom stereocenters. The van der Waals surface area contributed by atoms with E-state index in [-0.39, 0.29) is 12.2 Å². The van der Waals surface area contributed by atoms with Gasteiger partial charge in [0.1, 0.15) is 0 Å². The largest absolute Gasteiger partial charge is 0.379 e. The summed E-state index contributed by atoms with van der Waals surface area (Å²) in [6, 6.07) is 4.67. The first-order valence-electron chi connectivity index (χ1n) is 10.3. The van der Waals surface area contributed by atoms with Gasteiger partial charge < -0.3 is 24.8 Å². The van der Waals surface area contributed by atoms with Crippen LogP contribution in [-0.2, 0) is 14.2 Å². The number of rotatable bonds is 9. The smallest absolute Gasteiger partial charge is 0.191 e. The molecule has 0 spiro atoms. The van der Waals surface area contributed by atoms with Crippen molar-refractivity contribution < 1.29 is 14.2 Å². The van der Waals surface area contributed by atoms with Gasteiger partial charge in [-0.1, -0.05) is 6.07 Å². The molecule has 28 heavy (non-hydrogen) atoms. The molecule has 8 heteroatoms. The summed E-state index contributed by atoms with van der Waals surface area (Å²) in [4.78, 5) is 8.26. The standard InChI is InChI=1S/C20H34N4O3S/c1-16-14-24(8-11-26-16)18(19-5-3-12-28-19)13-23-20(21-2)22-7-4-9-27-17-6-10-25-15-17/h3,5,12,16-18H,4,6-11,13-15H2,1-2H3,(H2,21,22,23). The summed E-state index contributed by atoms with van der Waals surface area (Å²) < 4.78 is 16.9. The van der Waals surface area contributed by atoms with E-state index in [1.165, 1.54) is 4.88 Å². The predicted molar refractivity (Wildman–Crippen MR) is 113 cm³/mol. The summed E-state index contributed by atoms with van der Waals surface area (Å²) in [6.45, 7) is 8.83. The van der Waals surface area contributed by atoms with E-state index in [0.29, 0.717) is 6.04 Å². The van der Waals surface area contributed by atoms with Crippen LogP contribution in [0.15, 0.2) is 22.5 Å². The lowest BCUT2D eigenvalue weighted by molar-refractivity contribution is -0.0334. The van der Waals surface area contributed by atoms with Crippen LogP contribution in [0.1, 0.15) is 30.7 Å². The van der Waals surface area contributed by atoms with Gasteiger partial charge in [0.15, 0.2) is 5.96 Å². The number of ether oxygens (including phenoxy) is 3. The number of nitrogens with zero attached hydrogens (tertiary/aromatic N) is 2. The van der Waals surface area contributed by atoms with Crippen molar-refractivity contribution in [3.8, 4) is 0 Å². The highest BCUT2D eigenvalue weighted by atomic mass is 32.1. The van der Waals surface area contributed by atoms with E-state index in [1.54, 1.807) is 0 Å². The van der Waals surface area contributed by atoms with Gasteiger partial charge in [-0.15, -0.1) is 11.3 Å². The summed E-state index contributed by atoms with van der Waals surface area (Å²) in [7, 11) is 1.82. The van der Waals surface area contributed by atoms with Crippen LogP contribution in [0.2, 0.25) is 0 Å². The number of guanidine groups is 1. The SMILES string of the molecule is CN=C(NCCCOC1CCOC1)NCC(c1cccs1)N1CCOC(C)C1. The molecule has 7 nitrogen and oxygen atoms in total. The van der Waals surface area contributed by atoms with E-state index in [0.717, 1.165) is 71.4 Å². The van der Waals surface area contributed by atoms with Crippen LogP contribution < -0.4 is 10.6 Å². The third kappa shape index (κ3) is 6.70. The lowest BCUT2D eigenvalue weighted by Crippen LogP contribution is -2.48. The van der Waals surface area contributed by atoms with E-state index in [9.17, 15) is 0 Å². The Balaban J connectivity index is 1.41. The maximum atomic E-state index is 5.81. The predicted octanol–water partition coefficient (Wildman–Crippen LogP) is 1.87. The van der Waals surface area contributed by atoms with Gasteiger partial charge in [0.2, 0.25) is 0 Å². The molecule has 0 aliphatic carbocycles. The molecular weight excluding hydrogens is 376 g/mol. The van der Waals surface area contributed by atoms with Gasteiger partial charge in [0.25, 0.3) is 0 Å². The molecule has 1 aromatic heterocycles. The van der Waals surface area contributed by atoms with Gasteiger partial charge in [-0.05, 0) is 31.2 Å². The summed E-state index contributed by atoms with van der Waals surface area (Å²) in [5, 5.41) is 9.05. The summed E-state index contributed by atoms with van der Waals surface area (Å²) in [5.41, 5.74) is 0. The van der Waals surface area contributed by atoms with E-state index in [2.05, 4.69) is 45.0 Å². The fourth-order valence-electron chi connectivity index (χ4n) is 3.61. The summed E-state index contributed by atoms with van der Waals surface area (Å²) in [6.07, 6.45) is 2.52. The monoisotopic (exact) mass is 410 g/mol. The highest BCUT2D eigenvalue weighted by Gasteiger charge is 2.26. The van der Waals surface area contributed by atoms with Crippen molar-refractivity contribution in [1.82, 2.24) is 15.5 Å². The van der Waals surface area contributed by atoms with Gasteiger partial charge >= 0.3 is 0 Å². The number of morpholine rings is 1. The fraction of sp³-hybridized carbons (Fsp3) is 0.750.